The SMILES string of the molecule is COc1ccc(-c2cc(C(F)(F)F)nn2-c2ccc(S(N)(=O)=O)cc2F)cc1. The van der Waals surface area contributed by atoms with E-state index in [1.54, 1.807) is 0 Å². The Balaban J connectivity index is 2.20. The lowest BCUT2D eigenvalue weighted by molar-refractivity contribution is -0.141. The van der Waals surface area contributed by atoms with Gasteiger partial charge in [0.1, 0.15) is 17.3 Å². The Morgan fingerprint density at radius 1 is 1.07 bits per heavy atom. The lowest BCUT2D eigenvalue weighted by atomic mass is 10.1. The summed E-state index contributed by atoms with van der Waals surface area (Å²) in [5, 5.41) is 8.41. The van der Waals surface area contributed by atoms with Crippen molar-refractivity contribution in [3.8, 4) is 22.7 Å². The number of methoxy groups -OCH3 is 1. The number of rotatable bonds is 4. The lowest BCUT2D eigenvalue weighted by Crippen LogP contribution is -2.13. The average Bonchev–Trinajstić information content (AvgIpc) is 3.06. The largest absolute Gasteiger partial charge is 0.497 e. The zero-order valence-corrected chi connectivity index (χ0v) is 15.1. The van der Waals surface area contributed by atoms with Crippen LogP contribution >= 0.6 is 0 Å². The fourth-order valence-electron chi connectivity index (χ4n) is 2.51. The third kappa shape index (κ3) is 3.85. The number of benzene rings is 2. The monoisotopic (exact) mass is 415 g/mol. The fourth-order valence-corrected chi connectivity index (χ4v) is 3.03. The third-order valence-electron chi connectivity index (χ3n) is 3.86. The minimum absolute atomic E-state index is 0.0442. The van der Waals surface area contributed by atoms with Crippen molar-refractivity contribution in [3.63, 3.8) is 0 Å². The molecule has 2 N–H and O–H groups in total. The average molecular weight is 415 g/mol. The van der Waals surface area contributed by atoms with Gasteiger partial charge in [-0.05, 0) is 48.5 Å². The molecule has 0 saturated heterocycles. The van der Waals surface area contributed by atoms with E-state index in [0.717, 1.165) is 22.9 Å². The maximum absolute atomic E-state index is 14.5. The Labute approximate surface area is 157 Å². The van der Waals surface area contributed by atoms with E-state index in [1.807, 2.05) is 0 Å². The molecule has 11 heteroatoms. The molecule has 0 radical (unpaired) electrons. The summed E-state index contributed by atoms with van der Waals surface area (Å²) in [7, 11) is -2.74. The molecule has 28 heavy (non-hydrogen) atoms. The number of hydrogen-bond donors (Lipinski definition) is 1. The molecule has 6 nitrogen and oxygen atoms in total. The standard InChI is InChI=1S/C17H13F4N3O3S/c1-27-11-4-2-10(3-5-11)15-9-16(17(19,20)21)23-24(15)14-7-6-12(8-13(14)18)28(22,25)26/h2-9H,1H3,(H2,22,25,26). The number of alkyl halides is 3. The second-order valence-electron chi connectivity index (χ2n) is 5.71. The van der Waals surface area contributed by atoms with Gasteiger partial charge in [-0.25, -0.2) is 22.6 Å². The maximum atomic E-state index is 14.5. The number of nitrogens with two attached hydrogens (primary N) is 1. The number of primary sulfonamides is 1. The molecule has 0 atom stereocenters. The first-order valence-corrected chi connectivity index (χ1v) is 9.20. The first-order chi connectivity index (χ1) is 13.0. The summed E-state index contributed by atoms with van der Waals surface area (Å²) in [4.78, 5) is -0.511. The third-order valence-corrected chi connectivity index (χ3v) is 4.77. The summed E-state index contributed by atoms with van der Waals surface area (Å²) in [6, 6.07) is 9.41. The van der Waals surface area contributed by atoms with E-state index < -0.39 is 32.6 Å². The highest BCUT2D eigenvalue weighted by Gasteiger charge is 2.35. The smallest absolute Gasteiger partial charge is 0.435 e. The molecule has 3 aromatic rings. The van der Waals surface area contributed by atoms with Crippen molar-refractivity contribution in [2.45, 2.75) is 11.1 Å². The lowest BCUT2D eigenvalue weighted by Gasteiger charge is -2.10. The summed E-state index contributed by atoms with van der Waals surface area (Å²) >= 11 is 0. The molecule has 0 unspecified atom stereocenters. The van der Waals surface area contributed by atoms with Crippen LogP contribution in [0.15, 0.2) is 53.4 Å². The van der Waals surface area contributed by atoms with Crippen molar-refractivity contribution in [2.24, 2.45) is 5.14 Å². The fraction of sp³-hybridized carbons (Fsp3) is 0.118. The molecule has 0 saturated carbocycles. The number of ether oxygens (including phenoxy) is 1. The van der Waals surface area contributed by atoms with Crippen LogP contribution in [-0.4, -0.2) is 25.3 Å². The second kappa shape index (κ2) is 6.91. The molecule has 0 fully saturated rings. The van der Waals surface area contributed by atoms with Gasteiger partial charge in [0.25, 0.3) is 0 Å². The number of nitrogens with zero attached hydrogens (tertiary/aromatic N) is 2. The minimum atomic E-state index is -4.76. The van der Waals surface area contributed by atoms with Crippen molar-refractivity contribution >= 4 is 10.0 Å². The van der Waals surface area contributed by atoms with E-state index in [-0.39, 0.29) is 11.4 Å². The molecule has 1 heterocycles. The highest BCUT2D eigenvalue weighted by atomic mass is 32.2. The highest BCUT2D eigenvalue weighted by Crippen LogP contribution is 2.34. The van der Waals surface area contributed by atoms with Gasteiger partial charge in [0.15, 0.2) is 5.69 Å². The molecule has 0 spiro atoms. The Kier molecular flexibility index (Phi) is 4.90. The van der Waals surface area contributed by atoms with Crippen LogP contribution in [0, 0.1) is 5.82 Å². The molecule has 148 valence electrons. The van der Waals surface area contributed by atoms with Gasteiger partial charge in [-0.15, -0.1) is 0 Å². The quantitative estimate of drug-likeness (QED) is 0.662. The summed E-state index contributed by atoms with van der Waals surface area (Å²) in [5.74, 6) is -0.618. The van der Waals surface area contributed by atoms with Crippen molar-refractivity contribution in [3.05, 3.63) is 60.0 Å². The molecular weight excluding hydrogens is 402 g/mol. The Hall–Kier alpha value is -2.92. The van der Waals surface area contributed by atoms with E-state index in [2.05, 4.69) is 5.10 Å². The van der Waals surface area contributed by atoms with Crippen LogP contribution in [0.25, 0.3) is 16.9 Å². The molecule has 0 amide bonds. The first-order valence-electron chi connectivity index (χ1n) is 7.65. The van der Waals surface area contributed by atoms with Crippen LogP contribution in [-0.2, 0) is 16.2 Å². The normalized spacial score (nSPS) is 12.2. The number of hydrogen-bond acceptors (Lipinski definition) is 4. The van der Waals surface area contributed by atoms with Gasteiger partial charge in [-0.3, -0.25) is 0 Å². The van der Waals surface area contributed by atoms with E-state index in [1.165, 1.54) is 31.4 Å². The summed E-state index contributed by atoms with van der Waals surface area (Å²) < 4.78 is 82.5. The van der Waals surface area contributed by atoms with Gasteiger partial charge in [0.05, 0.1) is 17.7 Å². The number of sulfonamides is 1. The van der Waals surface area contributed by atoms with Gasteiger partial charge in [0, 0.05) is 5.56 Å². The Bertz CT molecular complexity index is 1120. The van der Waals surface area contributed by atoms with Crippen LogP contribution in [0.2, 0.25) is 0 Å². The van der Waals surface area contributed by atoms with Gasteiger partial charge in [-0.2, -0.15) is 18.3 Å². The molecule has 0 bridgehead atoms. The highest BCUT2D eigenvalue weighted by molar-refractivity contribution is 7.89. The van der Waals surface area contributed by atoms with Gasteiger partial charge < -0.3 is 4.74 Å². The predicted molar refractivity (Wildman–Crippen MR) is 91.9 cm³/mol. The predicted octanol–water partition coefficient (Wildman–Crippen LogP) is 3.35. The Morgan fingerprint density at radius 3 is 2.21 bits per heavy atom. The summed E-state index contributed by atoms with van der Waals surface area (Å²) in [6.07, 6.45) is -4.76. The zero-order valence-electron chi connectivity index (χ0n) is 14.2. The van der Waals surface area contributed by atoms with E-state index in [4.69, 9.17) is 9.88 Å². The molecule has 0 aliphatic carbocycles. The van der Waals surface area contributed by atoms with E-state index in [9.17, 15) is 26.0 Å². The molecule has 3 rings (SSSR count). The molecule has 0 aliphatic heterocycles. The van der Waals surface area contributed by atoms with Crippen LogP contribution in [0.1, 0.15) is 5.69 Å². The van der Waals surface area contributed by atoms with Crippen molar-refractivity contribution < 1.29 is 30.7 Å². The van der Waals surface area contributed by atoms with Crippen LogP contribution in [0.3, 0.4) is 0 Å². The first kappa shape index (κ1) is 19.8. The minimum Gasteiger partial charge on any atom is -0.497 e. The van der Waals surface area contributed by atoms with Crippen LogP contribution in [0.4, 0.5) is 17.6 Å². The van der Waals surface area contributed by atoms with Gasteiger partial charge >= 0.3 is 6.18 Å². The summed E-state index contributed by atoms with van der Waals surface area (Å²) in [5.41, 5.74) is -1.32. The number of halogens is 4. The van der Waals surface area contributed by atoms with Crippen molar-refractivity contribution in [2.75, 3.05) is 7.11 Å². The van der Waals surface area contributed by atoms with Crippen LogP contribution < -0.4 is 9.88 Å². The molecule has 2 aromatic carbocycles. The summed E-state index contributed by atoms with van der Waals surface area (Å²) in [6.45, 7) is 0. The van der Waals surface area contributed by atoms with Gasteiger partial charge in [0.2, 0.25) is 10.0 Å². The van der Waals surface area contributed by atoms with E-state index in [0.29, 0.717) is 17.4 Å². The van der Waals surface area contributed by atoms with Crippen molar-refractivity contribution in [1.29, 1.82) is 0 Å². The van der Waals surface area contributed by atoms with E-state index >= 15 is 0 Å². The molecular formula is C17H13F4N3O3S. The Morgan fingerprint density at radius 2 is 1.71 bits per heavy atom. The topological polar surface area (TPSA) is 87.2 Å². The van der Waals surface area contributed by atoms with Crippen molar-refractivity contribution in [1.82, 2.24) is 9.78 Å². The maximum Gasteiger partial charge on any atom is 0.435 e. The second-order valence-corrected chi connectivity index (χ2v) is 7.27. The van der Waals surface area contributed by atoms with Crippen LogP contribution in [0.5, 0.6) is 5.75 Å². The van der Waals surface area contributed by atoms with Gasteiger partial charge in [-0.1, -0.05) is 0 Å². The number of aromatic nitrogens is 2. The molecule has 1 aromatic heterocycles. The molecule has 0 aliphatic rings. The zero-order chi connectivity index (χ0) is 20.7.